The maximum atomic E-state index is 12.6. The van der Waals surface area contributed by atoms with Crippen molar-refractivity contribution in [3.8, 4) is 0 Å². The fourth-order valence-corrected chi connectivity index (χ4v) is 3.11. The van der Waals surface area contributed by atoms with Crippen LogP contribution in [0.4, 0.5) is 0 Å². The standard InChI is InChI=1S/C16H20N4O3/c1-10-5-4-8-20(9-10)15(22)12-7-6-11-13(17-12)18(2)16(23)19(3)14(11)21/h6-7,10H,4-5,8-9H2,1-3H3/t10-/m1/s1. The lowest BCUT2D eigenvalue weighted by atomic mass is 10.00. The van der Waals surface area contributed by atoms with Gasteiger partial charge < -0.3 is 4.90 Å². The molecule has 0 spiro atoms. The van der Waals surface area contributed by atoms with Gasteiger partial charge in [0.05, 0.1) is 5.39 Å². The fraction of sp³-hybridized carbons (Fsp3) is 0.500. The molecule has 2 aromatic rings. The Morgan fingerprint density at radius 2 is 1.96 bits per heavy atom. The first kappa shape index (κ1) is 15.5. The largest absolute Gasteiger partial charge is 0.337 e. The van der Waals surface area contributed by atoms with Crippen molar-refractivity contribution in [3.63, 3.8) is 0 Å². The molecule has 7 nitrogen and oxygen atoms in total. The van der Waals surface area contributed by atoms with E-state index in [1.807, 2.05) is 0 Å². The van der Waals surface area contributed by atoms with Gasteiger partial charge in [0.25, 0.3) is 11.5 Å². The number of carbonyl (C=O) groups is 1. The fourth-order valence-electron chi connectivity index (χ4n) is 3.11. The van der Waals surface area contributed by atoms with E-state index in [0.29, 0.717) is 17.8 Å². The lowest BCUT2D eigenvalue weighted by Crippen LogP contribution is -2.40. The zero-order chi connectivity index (χ0) is 16.7. The Kier molecular flexibility index (Phi) is 3.79. The molecule has 1 atom stereocenters. The first-order valence-corrected chi connectivity index (χ1v) is 7.76. The van der Waals surface area contributed by atoms with Crippen LogP contribution in [0.3, 0.4) is 0 Å². The van der Waals surface area contributed by atoms with Crippen molar-refractivity contribution in [1.82, 2.24) is 19.0 Å². The van der Waals surface area contributed by atoms with E-state index in [1.165, 1.54) is 11.6 Å². The maximum absolute atomic E-state index is 12.6. The normalized spacial score (nSPS) is 18.4. The molecule has 1 aliphatic heterocycles. The van der Waals surface area contributed by atoms with Gasteiger partial charge in [-0.25, -0.2) is 9.78 Å². The summed E-state index contributed by atoms with van der Waals surface area (Å²) in [6.45, 7) is 3.56. The summed E-state index contributed by atoms with van der Waals surface area (Å²) in [7, 11) is 2.98. The van der Waals surface area contributed by atoms with E-state index in [-0.39, 0.29) is 17.2 Å². The van der Waals surface area contributed by atoms with Crippen LogP contribution in [0.2, 0.25) is 0 Å². The van der Waals surface area contributed by atoms with Crippen LogP contribution in [0.1, 0.15) is 30.3 Å². The summed E-state index contributed by atoms with van der Waals surface area (Å²) >= 11 is 0. The number of fused-ring (bicyclic) bond motifs is 1. The quantitative estimate of drug-likeness (QED) is 0.768. The monoisotopic (exact) mass is 316 g/mol. The summed E-state index contributed by atoms with van der Waals surface area (Å²) in [4.78, 5) is 42.9. The van der Waals surface area contributed by atoms with Crippen LogP contribution < -0.4 is 11.2 Å². The molecule has 0 radical (unpaired) electrons. The zero-order valence-corrected chi connectivity index (χ0v) is 13.6. The molecule has 1 saturated heterocycles. The highest BCUT2D eigenvalue weighted by Gasteiger charge is 2.23. The Morgan fingerprint density at radius 3 is 2.65 bits per heavy atom. The maximum Gasteiger partial charge on any atom is 0.332 e. The third-order valence-corrected chi connectivity index (χ3v) is 4.47. The Morgan fingerprint density at radius 1 is 1.22 bits per heavy atom. The van der Waals surface area contributed by atoms with E-state index >= 15 is 0 Å². The molecule has 0 N–H and O–H groups in total. The molecule has 23 heavy (non-hydrogen) atoms. The molecule has 0 bridgehead atoms. The molecule has 0 aliphatic carbocycles. The number of hydrogen-bond donors (Lipinski definition) is 0. The van der Waals surface area contributed by atoms with Gasteiger partial charge in [0.1, 0.15) is 11.3 Å². The molecule has 0 saturated carbocycles. The molecular formula is C16H20N4O3. The van der Waals surface area contributed by atoms with Crippen molar-refractivity contribution in [2.45, 2.75) is 19.8 Å². The minimum Gasteiger partial charge on any atom is -0.337 e. The number of nitrogens with zero attached hydrogens (tertiary/aromatic N) is 4. The summed E-state index contributed by atoms with van der Waals surface area (Å²) in [5.74, 6) is 0.330. The van der Waals surface area contributed by atoms with Crippen molar-refractivity contribution in [2.24, 2.45) is 20.0 Å². The minimum atomic E-state index is -0.453. The number of piperidine rings is 1. The number of aromatic nitrogens is 3. The predicted octanol–water partition coefficient (Wildman–Crippen LogP) is 0.504. The molecule has 1 amide bonds. The van der Waals surface area contributed by atoms with Gasteiger partial charge in [0, 0.05) is 27.2 Å². The second-order valence-electron chi connectivity index (χ2n) is 6.27. The Hall–Kier alpha value is -2.44. The second kappa shape index (κ2) is 5.64. The number of rotatable bonds is 1. The Balaban J connectivity index is 2.08. The number of pyridine rings is 1. The lowest BCUT2D eigenvalue weighted by Gasteiger charge is -2.30. The van der Waals surface area contributed by atoms with Crippen LogP contribution in [0, 0.1) is 5.92 Å². The van der Waals surface area contributed by atoms with E-state index in [2.05, 4.69) is 11.9 Å². The molecule has 0 unspecified atom stereocenters. The van der Waals surface area contributed by atoms with Crippen molar-refractivity contribution in [1.29, 1.82) is 0 Å². The summed E-state index contributed by atoms with van der Waals surface area (Å²) in [6, 6.07) is 3.14. The highest BCUT2D eigenvalue weighted by atomic mass is 16.2. The summed E-state index contributed by atoms with van der Waals surface area (Å²) in [6.07, 6.45) is 2.11. The molecule has 1 fully saturated rings. The van der Waals surface area contributed by atoms with Gasteiger partial charge >= 0.3 is 5.69 Å². The SMILES string of the molecule is C[C@@H]1CCCN(C(=O)c2ccc3c(=O)n(C)c(=O)n(C)c3n2)C1. The van der Waals surface area contributed by atoms with Crippen molar-refractivity contribution in [3.05, 3.63) is 38.7 Å². The van der Waals surface area contributed by atoms with Crippen LogP contribution in [0.15, 0.2) is 21.7 Å². The van der Waals surface area contributed by atoms with Crippen LogP contribution in [-0.2, 0) is 14.1 Å². The lowest BCUT2D eigenvalue weighted by molar-refractivity contribution is 0.0677. The average Bonchev–Trinajstić information content (AvgIpc) is 2.57. The summed E-state index contributed by atoms with van der Waals surface area (Å²) < 4.78 is 2.34. The van der Waals surface area contributed by atoms with Gasteiger partial charge in [-0.05, 0) is 30.9 Å². The smallest absolute Gasteiger partial charge is 0.332 e. The third kappa shape index (κ3) is 2.56. The van der Waals surface area contributed by atoms with Gasteiger partial charge in [0.15, 0.2) is 0 Å². The molecule has 3 rings (SSSR count). The molecule has 1 aliphatic rings. The molecule has 7 heteroatoms. The molecular weight excluding hydrogens is 296 g/mol. The number of carbonyl (C=O) groups excluding carboxylic acids is 1. The predicted molar refractivity (Wildman–Crippen MR) is 86.5 cm³/mol. The first-order valence-electron chi connectivity index (χ1n) is 7.76. The molecule has 2 aromatic heterocycles. The van der Waals surface area contributed by atoms with Gasteiger partial charge in [-0.2, -0.15) is 0 Å². The average molecular weight is 316 g/mol. The first-order chi connectivity index (χ1) is 10.9. The van der Waals surface area contributed by atoms with Crippen LogP contribution in [0.25, 0.3) is 11.0 Å². The molecule has 122 valence electrons. The van der Waals surface area contributed by atoms with Gasteiger partial charge in [-0.1, -0.05) is 6.92 Å². The number of amides is 1. The zero-order valence-electron chi connectivity index (χ0n) is 13.6. The number of hydrogen-bond acceptors (Lipinski definition) is 4. The van der Waals surface area contributed by atoms with E-state index in [4.69, 9.17) is 0 Å². The second-order valence-corrected chi connectivity index (χ2v) is 6.27. The molecule has 3 heterocycles. The van der Waals surface area contributed by atoms with Gasteiger partial charge in [-0.3, -0.25) is 18.7 Å². The Bertz CT molecular complexity index is 897. The van der Waals surface area contributed by atoms with E-state index in [9.17, 15) is 14.4 Å². The summed E-state index contributed by atoms with van der Waals surface area (Å²) in [5.41, 5.74) is -0.337. The van der Waals surface area contributed by atoms with Crippen molar-refractivity contribution >= 4 is 16.9 Å². The van der Waals surface area contributed by atoms with Crippen molar-refractivity contribution < 1.29 is 4.79 Å². The van der Waals surface area contributed by atoms with Crippen LogP contribution in [-0.4, -0.2) is 38.0 Å². The highest BCUT2D eigenvalue weighted by molar-refractivity contribution is 5.94. The molecule has 0 aromatic carbocycles. The highest BCUT2D eigenvalue weighted by Crippen LogP contribution is 2.18. The third-order valence-electron chi connectivity index (χ3n) is 4.47. The van der Waals surface area contributed by atoms with E-state index < -0.39 is 11.2 Å². The van der Waals surface area contributed by atoms with Crippen LogP contribution >= 0.6 is 0 Å². The topological polar surface area (TPSA) is 77.2 Å². The van der Waals surface area contributed by atoms with Crippen LogP contribution in [0.5, 0.6) is 0 Å². The van der Waals surface area contributed by atoms with Gasteiger partial charge in [-0.15, -0.1) is 0 Å². The Labute approximate surface area is 133 Å². The van der Waals surface area contributed by atoms with E-state index in [1.54, 1.807) is 24.1 Å². The minimum absolute atomic E-state index is 0.147. The van der Waals surface area contributed by atoms with E-state index in [0.717, 1.165) is 24.0 Å². The number of likely N-dealkylation sites (tertiary alicyclic amines) is 1. The van der Waals surface area contributed by atoms with Gasteiger partial charge in [0.2, 0.25) is 0 Å². The summed E-state index contributed by atoms with van der Waals surface area (Å²) in [5, 5.41) is 0.332. The number of aryl methyl sites for hydroxylation is 1. The van der Waals surface area contributed by atoms with Crippen molar-refractivity contribution in [2.75, 3.05) is 13.1 Å².